The van der Waals surface area contributed by atoms with E-state index in [4.69, 9.17) is 5.11 Å². The van der Waals surface area contributed by atoms with Gasteiger partial charge in [-0.25, -0.2) is 4.79 Å². The Hall–Kier alpha value is -1.55. The van der Waals surface area contributed by atoms with Crippen molar-refractivity contribution >= 4 is 11.7 Å². The molecule has 2 rings (SSSR count). The smallest absolute Gasteiger partial charge is 0.321 e. The summed E-state index contributed by atoms with van der Waals surface area (Å²) in [6, 6.07) is 5.89. The Bertz CT molecular complexity index is 451. The van der Waals surface area contributed by atoms with Gasteiger partial charge in [0.1, 0.15) is 0 Å². The molecule has 0 radical (unpaired) electrons. The highest BCUT2D eigenvalue weighted by Gasteiger charge is 2.22. The zero-order chi connectivity index (χ0) is 13.8. The monoisotopic (exact) mass is 262 g/mol. The topological polar surface area (TPSA) is 52.6 Å². The highest BCUT2D eigenvalue weighted by Crippen LogP contribution is 2.20. The van der Waals surface area contributed by atoms with Crippen LogP contribution >= 0.6 is 0 Å². The normalized spacial score (nSPS) is 16.5. The summed E-state index contributed by atoms with van der Waals surface area (Å²) in [5, 5.41) is 12.1. The van der Waals surface area contributed by atoms with Crippen LogP contribution in [0.2, 0.25) is 0 Å². The number of aliphatic hydroxyl groups is 1. The van der Waals surface area contributed by atoms with Gasteiger partial charge in [0.2, 0.25) is 0 Å². The molecule has 0 unspecified atom stereocenters. The molecule has 1 saturated heterocycles. The third-order valence-electron chi connectivity index (χ3n) is 4.01. The summed E-state index contributed by atoms with van der Waals surface area (Å²) in [5.41, 5.74) is 3.17. The van der Waals surface area contributed by atoms with E-state index in [0.29, 0.717) is 5.92 Å². The lowest BCUT2D eigenvalue weighted by atomic mass is 9.98. The molecule has 1 aliphatic heterocycles. The lowest BCUT2D eigenvalue weighted by molar-refractivity contribution is 0.143. The van der Waals surface area contributed by atoms with Crippen molar-refractivity contribution in [3.05, 3.63) is 29.3 Å². The SMILES string of the molecule is Cc1cccc(NC(=O)N2CCC(CO)CC2)c1C. The Morgan fingerprint density at radius 1 is 1.37 bits per heavy atom. The zero-order valence-corrected chi connectivity index (χ0v) is 11.6. The first-order valence-electron chi connectivity index (χ1n) is 6.85. The van der Waals surface area contributed by atoms with E-state index >= 15 is 0 Å². The number of benzene rings is 1. The van der Waals surface area contributed by atoms with Gasteiger partial charge in [-0.15, -0.1) is 0 Å². The fourth-order valence-corrected chi connectivity index (χ4v) is 2.40. The van der Waals surface area contributed by atoms with Crippen LogP contribution < -0.4 is 5.32 Å². The van der Waals surface area contributed by atoms with Crippen LogP contribution in [0.15, 0.2) is 18.2 Å². The average Bonchev–Trinajstić information content (AvgIpc) is 2.44. The van der Waals surface area contributed by atoms with Crippen LogP contribution in [0.4, 0.5) is 10.5 Å². The van der Waals surface area contributed by atoms with Gasteiger partial charge in [-0.1, -0.05) is 12.1 Å². The van der Waals surface area contributed by atoms with E-state index < -0.39 is 0 Å². The third kappa shape index (κ3) is 3.26. The van der Waals surface area contributed by atoms with Crippen molar-refractivity contribution in [2.45, 2.75) is 26.7 Å². The lowest BCUT2D eigenvalue weighted by Crippen LogP contribution is -2.41. The van der Waals surface area contributed by atoms with E-state index in [-0.39, 0.29) is 12.6 Å². The van der Waals surface area contributed by atoms with Gasteiger partial charge < -0.3 is 15.3 Å². The second-order valence-electron chi connectivity index (χ2n) is 5.29. The van der Waals surface area contributed by atoms with Gasteiger partial charge in [-0.3, -0.25) is 0 Å². The number of rotatable bonds is 2. The van der Waals surface area contributed by atoms with Crippen molar-refractivity contribution in [3.63, 3.8) is 0 Å². The second kappa shape index (κ2) is 6.06. The van der Waals surface area contributed by atoms with Crippen LogP contribution in [-0.2, 0) is 0 Å². The quantitative estimate of drug-likeness (QED) is 0.860. The van der Waals surface area contributed by atoms with E-state index in [9.17, 15) is 4.79 Å². The van der Waals surface area contributed by atoms with Gasteiger partial charge in [-0.05, 0) is 49.8 Å². The Balaban J connectivity index is 1.96. The Morgan fingerprint density at radius 2 is 2.05 bits per heavy atom. The van der Waals surface area contributed by atoms with E-state index in [2.05, 4.69) is 5.32 Å². The predicted molar refractivity (Wildman–Crippen MR) is 76.3 cm³/mol. The molecule has 1 aromatic carbocycles. The van der Waals surface area contributed by atoms with Crippen molar-refractivity contribution in [2.24, 2.45) is 5.92 Å². The summed E-state index contributed by atoms with van der Waals surface area (Å²) in [4.78, 5) is 14.0. The molecule has 0 atom stereocenters. The van der Waals surface area contributed by atoms with Crippen LogP contribution in [0, 0.1) is 19.8 Å². The number of hydrogen-bond acceptors (Lipinski definition) is 2. The van der Waals surface area contributed by atoms with Gasteiger partial charge >= 0.3 is 6.03 Å². The molecule has 0 saturated carbocycles. The van der Waals surface area contributed by atoms with Crippen LogP contribution in [-0.4, -0.2) is 35.7 Å². The summed E-state index contributed by atoms with van der Waals surface area (Å²) < 4.78 is 0. The molecule has 4 nitrogen and oxygen atoms in total. The minimum Gasteiger partial charge on any atom is -0.396 e. The molecule has 2 N–H and O–H groups in total. The van der Waals surface area contributed by atoms with Crippen molar-refractivity contribution in [1.82, 2.24) is 4.90 Å². The van der Waals surface area contributed by atoms with Crippen molar-refractivity contribution < 1.29 is 9.90 Å². The van der Waals surface area contributed by atoms with Crippen molar-refractivity contribution in [3.8, 4) is 0 Å². The molecule has 1 heterocycles. The van der Waals surface area contributed by atoms with Gasteiger partial charge in [0.25, 0.3) is 0 Å². The number of nitrogens with zero attached hydrogens (tertiary/aromatic N) is 1. The Morgan fingerprint density at radius 3 is 2.68 bits per heavy atom. The summed E-state index contributed by atoms with van der Waals surface area (Å²) in [6.07, 6.45) is 1.77. The standard InChI is InChI=1S/C15H22N2O2/c1-11-4-3-5-14(12(11)2)16-15(19)17-8-6-13(10-18)7-9-17/h3-5,13,18H,6-10H2,1-2H3,(H,16,19). The maximum Gasteiger partial charge on any atom is 0.321 e. The number of likely N-dealkylation sites (tertiary alicyclic amines) is 1. The number of nitrogens with one attached hydrogen (secondary N) is 1. The minimum atomic E-state index is -0.0370. The summed E-state index contributed by atoms with van der Waals surface area (Å²) in [6.45, 7) is 5.73. The molecule has 4 heteroatoms. The summed E-state index contributed by atoms with van der Waals surface area (Å²) in [7, 11) is 0. The molecular weight excluding hydrogens is 240 g/mol. The predicted octanol–water partition coefficient (Wildman–Crippen LogP) is 2.54. The largest absolute Gasteiger partial charge is 0.396 e. The molecule has 1 aliphatic rings. The second-order valence-corrected chi connectivity index (χ2v) is 5.29. The number of amides is 2. The molecular formula is C15H22N2O2. The van der Waals surface area contributed by atoms with Crippen molar-refractivity contribution in [1.29, 1.82) is 0 Å². The lowest BCUT2D eigenvalue weighted by Gasteiger charge is -2.31. The zero-order valence-electron chi connectivity index (χ0n) is 11.6. The van der Waals surface area contributed by atoms with Gasteiger partial charge in [-0.2, -0.15) is 0 Å². The maximum atomic E-state index is 12.2. The van der Waals surface area contributed by atoms with Crippen LogP contribution in [0.3, 0.4) is 0 Å². The van der Waals surface area contributed by atoms with Crippen LogP contribution in [0.1, 0.15) is 24.0 Å². The molecule has 0 spiro atoms. The highest BCUT2D eigenvalue weighted by atomic mass is 16.3. The highest BCUT2D eigenvalue weighted by molar-refractivity contribution is 5.90. The van der Waals surface area contributed by atoms with Gasteiger partial charge in [0.15, 0.2) is 0 Å². The summed E-state index contributed by atoms with van der Waals surface area (Å²) >= 11 is 0. The molecule has 1 fully saturated rings. The fraction of sp³-hybridized carbons (Fsp3) is 0.533. The number of aryl methyl sites for hydroxylation is 1. The number of hydrogen-bond donors (Lipinski definition) is 2. The van der Waals surface area contributed by atoms with Crippen LogP contribution in [0.25, 0.3) is 0 Å². The maximum absolute atomic E-state index is 12.2. The first-order chi connectivity index (χ1) is 9.11. The molecule has 0 aromatic heterocycles. The van der Waals surface area contributed by atoms with E-state index in [1.54, 1.807) is 0 Å². The molecule has 2 amide bonds. The number of anilines is 1. The van der Waals surface area contributed by atoms with Crippen LogP contribution in [0.5, 0.6) is 0 Å². The van der Waals surface area contributed by atoms with E-state index in [1.165, 1.54) is 5.56 Å². The number of aliphatic hydroxyl groups excluding tert-OH is 1. The Labute approximate surface area is 114 Å². The molecule has 1 aromatic rings. The first-order valence-corrected chi connectivity index (χ1v) is 6.85. The van der Waals surface area contributed by atoms with Crippen molar-refractivity contribution in [2.75, 3.05) is 25.0 Å². The number of carbonyl (C=O) groups is 1. The minimum absolute atomic E-state index is 0.0370. The number of piperidine rings is 1. The Kier molecular flexibility index (Phi) is 4.43. The summed E-state index contributed by atoms with van der Waals surface area (Å²) in [5.74, 6) is 0.352. The van der Waals surface area contributed by atoms with Gasteiger partial charge in [0, 0.05) is 25.4 Å². The fourth-order valence-electron chi connectivity index (χ4n) is 2.40. The number of urea groups is 1. The molecule has 104 valence electrons. The molecule has 19 heavy (non-hydrogen) atoms. The van der Waals surface area contributed by atoms with E-state index in [0.717, 1.165) is 37.2 Å². The average molecular weight is 262 g/mol. The van der Waals surface area contributed by atoms with E-state index in [1.807, 2.05) is 36.9 Å². The first kappa shape index (κ1) is 13.9. The molecule has 0 bridgehead atoms. The third-order valence-corrected chi connectivity index (χ3v) is 4.01. The number of carbonyl (C=O) groups excluding carboxylic acids is 1. The van der Waals surface area contributed by atoms with Gasteiger partial charge in [0.05, 0.1) is 0 Å². The molecule has 0 aliphatic carbocycles.